The lowest BCUT2D eigenvalue weighted by molar-refractivity contribution is -0.116. The molecule has 1 aromatic rings. The van der Waals surface area contributed by atoms with Crippen LogP contribution in [0.2, 0.25) is 0 Å². The van der Waals surface area contributed by atoms with E-state index in [0.29, 0.717) is 44.6 Å². The first-order valence-electron chi connectivity index (χ1n) is 9.33. The number of amides is 1. The number of rotatable bonds is 10. The monoisotopic (exact) mass is 420 g/mol. The Bertz CT molecular complexity index is 926. The van der Waals surface area contributed by atoms with Gasteiger partial charge in [-0.2, -0.15) is 10.2 Å². The van der Waals surface area contributed by atoms with Crippen LogP contribution in [0.4, 0.5) is 5.69 Å². The summed E-state index contributed by atoms with van der Waals surface area (Å²) in [6.45, 7) is 0.845. The van der Waals surface area contributed by atoms with E-state index in [1.165, 1.54) is 19.2 Å². The molecule has 1 unspecified atom stereocenters. The van der Waals surface area contributed by atoms with Crippen molar-refractivity contribution < 1.29 is 22.7 Å². The number of methoxy groups -OCH3 is 1. The summed E-state index contributed by atoms with van der Waals surface area (Å²) in [5.74, 6) is 2.48. The Hall–Kier alpha value is -2.48. The molecule has 0 aliphatic carbocycles. The molecule has 3 rings (SSSR count). The molecule has 2 heterocycles. The van der Waals surface area contributed by atoms with Gasteiger partial charge in [0.2, 0.25) is 15.9 Å². The van der Waals surface area contributed by atoms with Crippen molar-refractivity contribution in [3.8, 4) is 18.1 Å². The molecule has 2 N–H and O–H groups in total. The molecule has 1 aromatic carbocycles. The summed E-state index contributed by atoms with van der Waals surface area (Å²) in [6.07, 6.45) is 7.70. The molecule has 0 radical (unpaired) electrons. The average molecular weight is 420 g/mol. The summed E-state index contributed by atoms with van der Waals surface area (Å²) in [5.41, 5.74) is -0.174. The van der Waals surface area contributed by atoms with Crippen molar-refractivity contribution >= 4 is 21.6 Å². The van der Waals surface area contributed by atoms with Crippen LogP contribution in [0.1, 0.15) is 32.1 Å². The van der Waals surface area contributed by atoms with Crippen molar-refractivity contribution in [2.75, 3.05) is 25.6 Å². The number of hydrogen-bond acceptors (Lipinski definition) is 7. The van der Waals surface area contributed by atoms with Gasteiger partial charge in [0.1, 0.15) is 10.6 Å². The third-order valence-electron chi connectivity index (χ3n) is 4.79. The summed E-state index contributed by atoms with van der Waals surface area (Å²) >= 11 is 0. The Labute approximate surface area is 170 Å². The summed E-state index contributed by atoms with van der Waals surface area (Å²) < 4.78 is 38.6. The van der Waals surface area contributed by atoms with E-state index in [1.54, 1.807) is 6.07 Å². The quantitative estimate of drug-likeness (QED) is 0.562. The fourth-order valence-corrected chi connectivity index (χ4v) is 4.53. The summed E-state index contributed by atoms with van der Waals surface area (Å²) in [4.78, 5) is 12.3. The van der Waals surface area contributed by atoms with Gasteiger partial charge in [0.25, 0.3) is 0 Å². The number of hydrogen-bond donors (Lipinski definition) is 2. The maximum Gasteiger partial charge on any atom is 0.244 e. The van der Waals surface area contributed by atoms with Gasteiger partial charge in [0.15, 0.2) is 5.66 Å². The smallest absolute Gasteiger partial charge is 0.244 e. The number of ether oxygens (including phenoxy) is 2. The SMILES string of the molecule is C#CCCC1(CCC(=O)Nc2ccc(OC)c(S(=O)(=O)NC3CCOC3)c2)N=N1. The van der Waals surface area contributed by atoms with Crippen molar-refractivity contribution in [2.45, 2.75) is 48.7 Å². The average Bonchev–Trinajstić information content (AvgIpc) is 3.30. The van der Waals surface area contributed by atoms with Crippen molar-refractivity contribution in [3.05, 3.63) is 18.2 Å². The number of terminal acetylenes is 1. The van der Waals surface area contributed by atoms with Gasteiger partial charge < -0.3 is 14.8 Å². The van der Waals surface area contributed by atoms with E-state index in [1.807, 2.05) is 0 Å². The second-order valence-corrected chi connectivity index (χ2v) is 8.66. The highest BCUT2D eigenvalue weighted by Crippen LogP contribution is 2.37. The van der Waals surface area contributed by atoms with Gasteiger partial charge in [-0.05, 0) is 24.6 Å². The van der Waals surface area contributed by atoms with Crippen LogP contribution in [0, 0.1) is 12.3 Å². The zero-order chi connectivity index (χ0) is 20.9. The van der Waals surface area contributed by atoms with Gasteiger partial charge >= 0.3 is 0 Å². The Morgan fingerprint density at radius 3 is 2.83 bits per heavy atom. The predicted octanol–water partition coefficient (Wildman–Crippen LogP) is 2.06. The lowest BCUT2D eigenvalue weighted by atomic mass is 10.0. The van der Waals surface area contributed by atoms with E-state index in [9.17, 15) is 13.2 Å². The maximum absolute atomic E-state index is 12.8. The third-order valence-corrected chi connectivity index (χ3v) is 6.34. The van der Waals surface area contributed by atoms with Crippen LogP contribution in [0.15, 0.2) is 33.3 Å². The Morgan fingerprint density at radius 1 is 1.41 bits per heavy atom. The Morgan fingerprint density at radius 2 is 2.21 bits per heavy atom. The Kier molecular flexibility index (Phi) is 6.52. The molecule has 1 atom stereocenters. The number of carbonyl (C=O) groups is 1. The van der Waals surface area contributed by atoms with Gasteiger partial charge in [0, 0.05) is 44.0 Å². The van der Waals surface area contributed by atoms with Crippen molar-refractivity contribution in [1.82, 2.24) is 4.72 Å². The minimum absolute atomic E-state index is 0.0395. The summed E-state index contributed by atoms with van der Waals surface area (Å²) in [7, 11) is -2.44. The van der Waals surface area contributed by atoms with Crippen LogP contribution in [0.25, 0.3) is 0 Å². The van der Waals surface area contributed by atoms with E-state index in [-0.39, 0.29) is 29.0 Å². The molecule has 156 valence electrons. The van der Waals surface area contributed by atoms with Crippen LogP contribution in [-0.2, 0) is 19.6 Å². The molecular formula is C19H24N4O5S. The van der Waals surface area contributed by atoms with Crippen molar-refractivity contribution in [3.63, 3.8) is 0 Å². The lowest BCUT2D eigenvalue weighted by Gasteiger charge is -2.15. The maximum atomic E-state index is 12.8. The first-order chi connectivity index (χ1) is 13.9. The highest BCUT2D eigenvalue weighted by atomic mass is 32.2. The van der Waals surface area contributed by atoms with E-state index in [2.05, 4.69) is 26.2 Å². The van der Waals surface area contributed by atoms with Crippen LogP contribution >= 0.6 is 0 Å². The minimum atomic E-state index is -3.84. The first kappa shape index (κ1) is 21.2. The molecule has 9 nitrogen and oxygen atoms in total. The number of anilines is 1. The summed E-state index contributed by atoms with van der Waals surface area (Å²) in [6, 6.07) is 4.20. The zero-order valence-electron chi connectivity index (χ0n) is 16.2. The normalized spacial score (nSPS) is 19.5. The zero-order valence-corrected chi connectivity index (χ0v) is 17.0. The van der Waals surface area contributed by atoms with Crippen molar-refractivity contribution in [2.24, 2.45) is 10.2 Å². The molecule has 0 saturated carbocycles. The molecule has 1 saturated heterocycles. The van der Waals surface area contributed by atoms with Gasteiger partial charge in [-0.25, -0.2) is 13.1 Å². The van der Waals surface area contributed by atoms with Crippen LogP contribution in [0.3, 0.4) is 0 Å². The third kappa shape index (κ3) is 5.53. The molecule has 29 heavy (non-hydrogen) atoms. The summed E-state index contributed by atoms with van der Waals surface area (Å²) in [5, 5.41) is 10.7. The van der Waals surface area contributed by atoms with E-state index in [4.69, 9.17) is 15.9 Å². The predicted molar refractivity (Wildman–Crippen MR) is 106 cm³/mol. The standard InChI is InChI=1S/C19H24N4O5S/c1-3-4-9-19(22-23-19)10-7-18(24)20-14-5-6-16(27-2)17(12-14)29(25,26)21-15-8-11-28-13-15/h1,5-6,12,15,21H,4,7-11,13H2,2H3,(H,20,24). The molecule has 10 heteroatoms. The number of carbonyl (C=O) groups excluding carboxylic acids is 1. The van der Waals surface area contributed by atoms with Gasteiger partial charge in [-0.15, -0.1) is 12.3 Å². The molecule has 0 aromatic heterocycles. The molecule has 0 spiro atoms. The van der Waals surface area contributed by atoms with Gasteiger partial charge in [-0.3, -0.25) is 4.79 Å². The van der Waals surface area contributed by atoms with E-state index >= 15 is 0 Å². The number of sulfonamides is 1. The number of nitrogens with one attached hydrogen (secondary N) is 2. The van der Waals surface area contributed by atoms with Crippen LogP contribution in [0.5, 0.6) is 5.75 Å². The van der Waals surface area contributed by atoms with E-state index < -0.39 is 15.7 Å². The molecule has 0 bridgehead atoms. The molecule has 2 aliphatic heterocycles. The molecule has 1 fully saturated rings. The first-order valence-corrected chi connectivity index (χ1v) is 10.8. The molecule has 2 aliphatic rings. The highest BCUT2D eigenvalue weighted by molar-refractivity contribution is 7.89. The highest BCUT2D eigenvalue weighted by Gasteiger charge is 2.39. The van der Waals surface area contributed by atoms with Crippen LogP contribution < -0.4 is 14.8 Å². The van der Waals surface area contributed by atoms with Gasteiger partial charge in [0.05, 0.1) is 13.7 Å². The van der Waals surface area contributed by atoms with Crippen molar-refractivity contribution in [1.29, 1.82) is 0 Å². The fraction of sp³-hybridized carbons (Fsp3) is 0.526. The fourth-order valence-electron chi connectivity index (χ4n) is 3.08. The topological polar surface area (TPSA) is 118 Å². The van der Waals surface area contributed by atoms with Gasteiger partial charge in [-0.1, -0.05) is 0 Å². The Balaban J connectivity index is 1.65. The number of nitrogens with zero attached hydrogens (tertiary/aromatic N) is 2. The largest absolute Gasteiger partial charge is 0.495 e. The second kappa shape index (κ2) is 8.90. The minimum Gasteiger partial charge on any atom is -0.495 e. The molecular weight excluding hydrogens is 396 g/mol. The second-order valence-electron chi connectivity index (χ2n) is 6.98. The van der Waals surface area contributed by atoms with Crippen LogP contribution in [-0.4, -0.2) is 46.4 Å². The molecule has 1 amide bonds. The van der Waals surface area contributed by atoms with E-state index in [0.717, 1.165) is 0 Å². The number of benzene rings is 1. The lowest BCUT2D eigenvalue weighted by Crippen LogP contribution is -2.35.